The molecule has 3 aliphatic carbocycles. The molecule has 12 nitrogen and oxygen atoms in total. The van der Waals surface area contributed by atoms with Crippen molar-refractivity contribution in [2.75, 3.05) is 18.5 Å². The Labute approximate surface area is 277 Å². The van der Waals surface area contributed by atoms with Crippen molar-refractivity contribution < 1.29 is 38.1 Å². The standard InChI is InChI=1S/C35H40FN5O7/c1-2-47-32(45)37-27(20-34(36)15-7-8-16-34)30(43)39-35(17-9-18-35)29(42)31(44)38-28-14-19-41(40-28)33(46)48-21-26-24-12-5-3-10-22(24)23-11-4-6-13-25(23)26/h3-6,10-14,19,26-27,29,42H,2,7-9,15-18,20-21H2,1H3,(H,37,45)(H,39,43)(H,38,40,44). The van der Waals surface area contributed by atoms with Gasteiger partial charge in [0.05, 0.1) is 12.1 Å². The number of amides is 3. The van der Waals surface area contributed by atoms with Gasteiger partial charge in [0, 0.05) is 24.6 Å². The maximum absolute atomic E-state index is 15.4. The fourth-order valence-electron chi connectivity index (χ4n) is 7.06. The fraction of sp³-hybridized carbons (Fsp3) is 0.457. The van der Waals surface area contributed by atoms with Crippen molar-refractivity contribution in [2.45, 2.75) is 87.6 Å². The predicted octanol–water partition coefficient (Wildman–Crippen LogP) is 4.81. The quantitative estimate of drug-likeness (QED) is 0.228. The first kappa shape index (κ1) is 33.1. The van der Waals surface area contributed by atoms with Gasteiger partial charge >= 0.3 is 12.2 Å². The summed E-state index contributed by atoms with van der Waals surface area (Å²) in [6.45, 7) is 1.77. The Morgan fingerprint density at radius 3 is 2.19 bits per heavy atom. The van der Waals surface area contributed by atoms with Gasteiger partial charge in [-0.05, 0) is 61.3 Å². The second-order valence-electron chi connectivity index (χ2n) is 12.8. The summed E-state index contributed by atoms with van der Waals surface area (Å²) in [5.74, 6) is -1.70. The molecule has 254 valence electrons. The van der Waals surface area contributed by atoms with Gasteiger partial charge in [-0.25, -0.2) is 14.0 Å². The van der Waals surface area contributed by atoms with E-state index in [2.05, 4.69) is 21.0 Å². The third kappa shape index (κ3) is 6.77. The summed E-state index contributed by atoms with van der Waals surface area (Å²) in [6.07, 6.45) is 0.929. The number of halogens is 1. The highest BCUT2D eigenvalue weighted by atomic mass is 19.1. The van der Waals surface area contributed by atoms with Crippen molar-refractivity contribution in [1.82, 2.24) is 20.4 Å². The maximum atomic E-state index is 15.4. The van der Waals surface area contributed by atoms with Crippen molar-refractivity contribution in [3.8, 4) is 11.1 Å². The van der Waals surface area contributed by atoms with E-state index in [1.807, 2.05) is 48.5 Å². The summed E-state index contributed by atoms with van der Waals surface area (Å²) >= 11 is 0. The summed E-state index contributed by atoms with van der Waals surface area (Å²) in [6, 6.07) is 16.1. The van der Waals surface area contributed by atoms with Gasteiger partial charge in [0.1, 0.15) is 18.3 Å². The average molecular weight is 662 g/mol. The number of anilines is 1. The number of aliphatic hydroxyl groups is 1. The number of nitrogens with one attached hydrogen (secondary N) is 3. The van der Waals surface area contributed by atoms with Crippen LogP contribution in [0.15, 0.2) is 60.8 Å². The lowest BCUT2D eigenvalue weighted by molar-refractivity contribution is -0.137. The molecule has 48 heavy (non-hydrogen) atoms. The van der Waals surface area contributed by atoms with Gasteiger partial charge in [-0.15, -0.1) is 5.10 Å². The number of hydrogen-bond donors (Lipinski definition) is 4. The predicted molar refractivity (Wildman–Crippen MR) is 173 cm³/mol. The first-order valence-electron chi connectivity index (χ1n) is 16.5. The minimum absolute atomic E-state index is 0.00387. The Balaban J connectivity index is 1.07. The van der Waals surface area contributed by atoms with Gasteiger partial charge in [0.15, 0.2) is 11.9 Å². The number of ether oxygens (including phenoxy) is 2. The lowest BCUT2D eigenvalue weighted by Gasteiger charge is -2.45. The smallest absolute Gasteiger partial charge is 0.434 e. The van der Waals surface area contributed by atoms with E-state index in [0.717, 1.165) is 26.9 Å². The Morgan fingerprint density at radius 1 is 0.938 bits per heavy atom. The van der Waals surface area contributed by atoms with Crippen LogP contribution in [0.25, 0.3) is 11.1 Å². The van der Waals surface area contributed by atoms with Crippen LogP contribution in [0.3, 0.4) is 0 Å². The highest BCUT2D eigenvalue weighted by Gasteiger charge is 2.50. The number of hydrogen-bond acceptors (Lipinski definition) is 8. The van der Waals surface area contributed by atoms with Crippen LogP contribution in [0.1, 0.15) is 75.3 Å². The van der Waals surface area contributed by atoms with Crippen LogP contribution in [-0.2, 0) is 19.1 Å². The molecule has 2 unspecified atom stereocenters. The van der Waals surface area contributed by atoms with E-state index in [9.17, 15) is 24.3 Å². The molecule has 0 spiro atoms. The second kappa shape index (κ2) is 13.8. The number of carbonyl (C=O) groups excluding carboxylic acids is 4. The number of fused-ring (bicyclic) bond motifs is 3. The van der Waals surface area contributed by atoms with Crippen LogP contribution in [0, 0.1) is 0 Å². The Morgan fingerprint density at radius 2 is 1.58 bits per heavy atom. The summed E-state index contributed by atoms with van der Waals surface area (Å²) < 4.78 is 26.9. The van der Waals surface area contributed by atoms with E-state index in [-0.39, 0.29) is 57.1 Å². The third-order valence-electron chi connectivity index (χ3n) is 9.71. The first-order valence-corrected chi connectivity index (χ1v) is 16.5. The largest absolute Gasteiger partial charge is 0.450 e. The van der Waals surface area contributed by atoms with E-state index in [4.69, 9.17) is 9.47 Å². The molecule has 1 heterocycles. The van der Waals surface area contributed by atoms with Gasteiger partial charge in [-0.3, -0.25) is 9.59 Å². The third-order valence-corrected chi connectivity index (χ3v) is 9.71. The zero-order chi connectivity index (χ0) is 33.9. The van der Waals surface area contributed by atoms with Crippen molar-refractivity contribution in [3.05, 3.63) is 71.9 Å². The zero-order valence-electron chi connectivity index (χ0n) is 26.7. The molecule has 2 aromatic carbocycles. The number of carbonyl (C=O) groups is 4. The normalized spacial score (nSPS) is 18.4. The number of aromatic nitrogens is 2. The highest BCUT2D eigenvalue weighted by molar-refractivity contribution is 5.95. The van der Waals surface area contributed by atoms with E-state index in [1.165, 1.54) is 12.3 Å². The Hall–Kier alpha value is -4.78. The number of aliphatic hydroxyl groups excluding tert-OH is 1. The number of rotatable bonds is 11. The molecule has 3 aliphatic rings. The van der Waals surface area contributed by atoms with E-state index in [1.54, 1.807) is 6.92 Å². The molecule has 3 amide bonds. The topological polar surface area (TPSA) is 161 Å². The lowest BCUT2D eigenvalue weighted by atomic mass is 9.72. The van der Waals surface area contributed by atoms with Crippen LogP contribution in [0.2, 0.25) is 0 Å². The highest BCUT2D eigenvalue weighted by Crippen LogP contribution is 2.44. The molecular weight excluding hydrogens is 621 g/mol. The van der Waals surface area contributed by atoms with Gasteiger partial charge in [-0.2, -0.15) is 4.68 Å². The monoisotopic (exact) mass is 661 g/mol. The minimum atomic E-state index is -1.69. The molecule has 6 rings (SSSR count). The second-order valence-corrected chi connectivity index (χ2v) is 12.8. The molecule has 4 N–H and O–H groups in total. The van der Waals surface area contributed by atoms with Crippen LogP contribution in [-0.4, -0.2) is 75.5 Å². The molecule has 1 aromatic heterocycles. The summed E-state index contributed by atoms with van der Waals surface area (Å²) in [5, 5.41) is 22.9. The van der Waals surface area contributed by atoms with Crippen molar-refractivity contribution >= 4 is 29.8 Å². The first-order chi connectivity index (χ1) is 23.1. The number of benzene rings is 2. The zero-order valence-corrected chi connectivity index (χ0v) is 26.7. The Bertz CT molecular complexity index is 1640. The molecule has 2 fully saturated rings. The maximum Gasteiger partial charge on any atom is 0.434 e. The summed E-state index contributed by atoms with van der Waals surface area (Å²) in [7, 11) is 0. The summed E-state index contributed by atoms with van der Waals surface area (Å²) in [4.78, 5) is 51.7. The minimum Gasteiger partial charge on any atom is -0.450 e. The molecular formula is C35H40FN5O7. The average Bonchev–Trinajstić information content (AvgIpc) is 3.79. The van der Waals surface area contributed by atoms with Gasteiger partial charge in [-0.1, -0.05) is 61.4 Å². The van der Waals surface area contributed by atoms with E-state index in [0.29, 0.717) is 19.3 Å². The number of alkyl carbamates (subject to hydrolysis) is 1. The van der Waals surface area contributed by atoms with Crippen LogP contribution in [0.5, 0.6) is 0 Å². The van der Waals surface area contributed by atoms with Gasteiger partial charge in [0.25, 0.3) is 5.91 Å². The van der Waals surface area contributed by atoms with Crippen LogP contribution in [0.4, 0.5) is 19.8 Å². The van der Waals surface area contributed by atoms with E-state index >= 15 is 4.39 Å². The molecule has 0 saturated heterocycles. The van der Waals surface area contributed by atoms with Crippen LogP contribution < -0.4 is 16.0 Å². The van der Waals surface area contributed by atoms with E-state index < -0.39 is 47.4 Å². The molecule has 0 aliphatic heterocycles. The fourth-order valence-corrected chi connectivity index (χ4v) is 7.06. The van der Waals surface area contributed by atoms with Crippen LogP contribution >= 0.6 is 0 Å². The molecule has 3 aromatic rings. The molecule has 2 saturated carbocycles. The number of nitrogens with zero attached hydrogens (tertiary/aromatic N) is 2. The summed E-state index contributed by atoms with van der Waals surface area (Å²) in [5.41, 5.74) is 1.39. The van der Waals surface area contributed by atoms with Gasteiger partial charge < -0.3 is 30.5 Å². The molecule has 13 heteroatoms. The van der Waals surface area contributed by atoms with Crippen molar-refractivity contribution in [3.63, 3.8) is 0 Å². The van der Waals surface area contributed by atoms with Gasteiger partial charge in [0.2, 0.25) is 5.91 Å². The molecule has 0 radical (unpaired) electrons. The number of alkyl halides is 1. The lowest BCUT2D eigenvalue weighted by Crippen LogP contribution is -2.67. The van der Waals surface area contributed by atoms with Crippen molar-refractivity contribution in [2.24, 2.45) is 0 Å². The van der Waals surface area contributed by atoms with Crippen molar-refractivity contribution in [1.29, 1.82) is 0 Å². The molecule has 2 atom stereocenters. The molecule has 0 bridgehead atoms. The SMILES string of the molecule is CCOC(=O)NC(CC1(F)CCCC1)C(=O)NC1(C(O)C(=O)Nc2ccn(C(=O)OCC3c4ccccc4-c4ccccc43)n2)CCC1. The Kier molecular flexibility index (Phi) is 9.49.